The Morgan fingerprint density at radius 3 is 1.34 bits per heavy atom. The average molecular weight is 937 g/mol. The molecule has 0 unspecified atom stereocenters. The number of fused-ring (bicyclic) bond motifs is 1. The number of hydrogen-bond donors (Lipinski definition) is 0. The van der Waals surface area contributed by atoms with Crippen molar-refractivity contribution >= 4 is 23.3 Å². The number of rotatable bonds is 26. The summed E-state index contributed by atoms with van der Waals surface area (Å²) in [6.45, 7) is 7.49. The van der Waals surface area contributed by atoms with E-state index in [2.05, 4.69) is 10.2 Å². The maximum Gasteiger partial charge on any atom is 0.343 e. The molecule has 0 saturated carbocycles. The molecule has 1 aliphatic rings. The van der Waals surface area contributed by atoms with Gasteiger partial charge in [-0.1, -0.05) is 0 Å². The molecule has 0 fully saturated rings. The van der Waals surface area contributed by atoms with Crippen molar-refractivity contribution in [2.24, 2.45) is 10.2 Å². The van der Waals surface area contributed by atoms with Crippen LogP contribution in [0.5, 0.6) is 34.5 Å². The topological polar surface area (TPSA) is 197 Å². The predicted octanol–water partition coefficient (Wildman–Crippen LogP) is 6.48. The fourth-order valence-electron chi connectivity index (χ4n) is 5.67. The minimum atomic E-state index is -0.642. The smallest absolute Gasteiger partial charge is 0.343 e. The van der Waals surface area contributed by atoms with E-state index in [1.54, 1.807) is 99.1 Å². The van der Waals surface area contributed by atoms with Crippen LogP contribution in [-0.2, 0) is 42.6 Å². The van der Waals surface area contributed by atoms with Gasteiger partial charge in [-0.15, -0.1) is 5.11 Å². The van der Waals surface area contributed by atoms with Crippen LogP contribution in [0.25, 0.3) is 0 Å². The number of nitrogens with zero attached hydrogens (tertiary/aromatic N) is 2. The Labute approximate surface area is 390 Å². The molecule has 1 heterocycles. The maximum atomic E-state index is 13.5. The molecule has 0 amide bonds. The highest BCUT2D eigenvalue weighted by Crippen LogP contribution is 2.45. The number of esters is 2. The number of azo groups is 1. The van der Waals surface area contributed by atoms with Crippen molar-refractivity contribution < 1.29 is 80.6 Å². The summed E-state index contributed by atoms with van der Waals surface area (Å²) < 4.78 is 83.7. The van der Waals surface area contributed by atoms with Gasteiger partial charge in [-0.25, -0.2) is 9.59 Å². The van der Waals surface area contributed by atoms with Crippen LogP contribution in [0.1, 0.15) is 20.7 Å². The summed E-state index contributed by atoms with van der Waals surface area (Å²) in [5, 5.41) is 8.86. The summed E-state index contributed by atoms with van der Waals surface area (Å²) in [7, 11) is 3.24. The van der Waals surface area contributed by atoms with Crippen molar-refractivity contribution in [3.8, 4) is 34.5 Å². The number of ether oxygens (including phenoxy) is 15. The van der Waals surface area contributed by atoms with Crippen molar-refractivity contribution in [2.75, 3.05) is 146 Å². The zero-order valence-corrected chi connectivity index (χ0v) is 38.1. The quantitative estimate of drug-likeness (QED) is 0.0287. The molecule has 0 aromatic heterocycles. The maximum absolute atomic E-state index is 13.5. The summed E-state index contributed by atoms with van der Waals surface area (Å²) in [5.41, 5.74) is 1.35. The molecule has 4 aromatic rings. The van der Waals surface area contributed by atoms with Gasteiger partial charge in [0.05, 0.1) is 123 Å². The Morgan fingerprint density at radius 2 is 0.851 bits per heavy atom. The Morgan fingerprint density at radius 1 is 0.433 bits per heavy atom. The highest BCUT2D eigenvalue weighted by Gasteiger charge is 2.22. The summed E-state index contributed by atoms with van der Waals surface area (Å²) in [6, 6.07) is 22.8. The molecule has 0 N–H and O–H groups in total. The minimum Gasteiger partial charge on any atom is -0.491 e. The second kappa shape index (κ2) is 32.0. The van der Waals surface area contributed by atoms with E-state index in [1.165, 1.54) is 0 Å². The van der Waals surface area contributed by atoms with Gasteiger partial charge in [-0.2, -0.15) is 5.11 Å². The number of methoxy groups -OCH3 is 2. The zero-order valence-electron chi connectivity index (χ0n) is 38.1. The molecule has 0 aliphatic carbocycles. The lowest BCUT2D eigenvalue weighted by molar-refractivity contribution is 0.00704. The van der Waals surface area contributed by atoms with E-state index in [4.69, 9.17) is 71.1 Å². The standard InChI is InChI=1S/C48H60N2O17/c1-53-17-19-55-21-25-58-29-33-62-40-9-3-37(4-10-40)47(51)66-42-13-7-39(8-14-42)49-50-43-15-16-44(46-45(43)64-35-31-60-27-23-57-24-28-61-32-36-65-46)67-48(52)38-5-11-41(12-6-38)63-34-30-59-26-22-56-20-18-54-2/h3-16H,17-36H2,1-2H3. The number of benzene rings is 4. The fraction of sp³-hybridized carbons (Fsp3) is 0.458. The van der Waals surface area contributed by atoms with Crippen molar-refractivity contribution in [3.63, 3.8) is 0 Å². The summed E-state index contributed by atoms with van der Waals surface area (Å²) in [6.07, 6.45) is 0. The van der Waals surface area contributed by atoms with Gasteiger partial charge >= 0.3 is 11.9 Å². The van der Waals surface area contributed by atoms with Crippen LogP contribution in [-0.4, -0.2) is 158 Å². The van der Waals surface area contributed by atoms with Crippen molar-refractivity contribution in [2.45, 2.75) is 0 Å². The third-order valence-electron chi connectivity index (χ3n) is 9.05. The van der Waals surface area contributed by atoms with Crippen LogP contribution in [0.2, 0.25) is 0 Å². The zero-order chi connectivity index (χ0) is 47.0. The van der Waals surface area contributed by atoms with Crippen LogP contribution in [0, 0.1) is 0 Å². The van der Waals surface area contributed by atoms with Gasteiger partial charge in [0.2, 0.25) is 5.75 Å². The number of carbonyl (C=O) groups is 2. The Balaban J connectivity index is 1.19. The van der Waals surface area contributed by atoms with Crippen molar-refractivity contribution in [1.82, 2.24) is 0 Å². The van der Waals surface area contributed by atoms with E-state index < -0.39 is 11.9 Å². The van der Waals surface area contributed by atoms with Gasteiger partial charge in [0, 0.05) is 14.2 Å². The molecule has 0 bridgehead atoms. The molecule has 5 rings (SSSR count). The lowest BCUT2D eigenvalue weighted by Crippen LogP contribution is -2.14. The van der Waals surface area contributed by atoms with Crippen LogP contribution < -0.4 is 28.4 Å². The van der Waals surface area contributed by atoms with Gasteiger partial charge in [-0.05, 0) is 84.9 Å². The van der Waals surface area contributed by atoms with Gasteiger partial charge < -0.3 is 71.1 Å². The largest absolute Gasteiger partial charge is 0.491 e. The lowest BCUT2D eigenvalue weighted by Gasteiger charge is -2.18. The molecular formula is C48H60N2O17. The van der Waals surface area contributed by atoms with Crippen LogP contribution >= 0.6 is 0 Å². The van der Waals surface area contributed by atoms with E-state index in [9.17, 15) is 9.59 Å². The monoisotopic (exact) mass is 936 g/mol. The average Bonchev–Trinajstić information content (AvgIpc) is 3.36. The lowest BCUT2D eigenvalue weighted by atomic mass is 10.2. The molecule has 364 valence electrons. The highest BCUT2D eigenvalue weighted by molar-refractivity contribution is 5.92. The first kappa shape index (κ1) is 52.2. The van der Waals surface area contributed by atoms with Crippen molar-refractivity contribution in [3.05, 3.63) is 96.1 Å². The highest BCUT2D eigenvalue weighted by atomic mass is 16.6. The van der Waals surface area contributed by atoms with E-state index in [-0.39, 0.29) is 54.9 Å². The van der Waals surface area contributed by atoms with E-state index >= 15 is 0 Å². The third kappa shape index (κ3) is 20.3. The molecule has 0 atom stereocenters. The molecule has 0 saturated heterocycles. The summed E-state index contributed by atoms with van der Waals surface area (Å²) in [4.78, 5) is 26.4. The molecule has 0 spiro atoms. The summed E-state index contributed by atoms with van der Waals surface area (Å²) >= 11 is 0. The van der Waals surface area contributed by atoms with Crippen LogP contribution in [0.4, 0.5) is 11.4 Å². The molecule has 1 aliphatic heterocycles. The molecular weight excluding hydrogens is 877 g/mol. The van der Waals surface area contributed by atoms with Gasteiger partial charge in [0.1, 0.15) is 49.4 Å². The fourth-order valence-corrected chi connectivity index (χ4v) is 5.67. The van der Waals surface area contributed by atoms with E-state index in [0.717, 1.165) is 0 Å². The van der Waals surface area contributed by atoms with E-state index in [1.807, 2.05) is 0 Å². The first-order valence-electron chi connectivity index (χ1n) is 21.9. The van der Waals surface area contributed by atoms with Crippen molar-refractivity contribution in [1.29, 1.82) is 0 Å². The van der Waals surface area contributed by atoms with Crippen LogP contribution in [0.15, 0.2) is 95.2 Å². The van der Waals surface area contributed by atoms with E-state index in [0.29, 0.717) is 134 Å². The Hall–Kier alpha value is -5.74. The SMILES string of the molecule is COCCOCCOCCOc1ccc(C(=O)Oc2ccc(N=Nc3ccc(OC(=O)c4ccc(OCCOCCOCCOC)cc4)c4c3OCCOCCOCCOCCO4)cc2)cc1. The first-order valence-corrected chi connectivity index (χ1v) is 21.9. The Bertz CT molecular complexity index is 2020. The molecule has 0 radical (unpaired) electrons. The van der Waals surface area contributed by atoms with Gasteiger partial charge in [0.15, 0.2) is 11.5 Å². The van der Waals surface area contributed by atoms with Crippen LogP contribution in [0.3, 0.4) is 0 Å². The molecule has 19 heteroatoms. The number of carbonyl (C=O) groups excluding carboxylic acids is 2. The second-order valence-electron chi connectivity index (χ2n) is 13.9. The van der Waals surface area contributed by atoms with Gasteiger partial charge in [0.25, 0.3) is 0 Å². The molecule has 19 nitrogen and oxygen atoms in total. The minimum absolute atomic E-state index is 0.0886. The summed E-state index contributed by atoms with van der Waals surface area (Å²) in [5.74, 6) is 0.643. The molecule has 67 heavy (non-hydrogen) atoms. The first-order chi connectivity index (χ1) is 33.0. The normalized spacial score (nSPS) is 13.6. The third-order valence-corrected chi connectivity index (χ3v) is 9.05. The Kier molecular flexibility index (Phi) is 25.0. The predicted molar refractivity (Wildman–Crippen MR) is 241 cm³/mol. The van der Waals surface area contributed by atoms with Gasteiger partial charge in [-0.3, -0.25) is 0 Å². The second-order valence-corrected chi connectivity index (χ2v) is 13.9. The number of hydrogen-bond acceptors (Lipinski definition) is 19. The molecule has 4 aromatic carbocycles.